The van der Waals surface area contributed by atoms with E-state index in [0.29, 0.717) is 34.3 Å². The van der Waals surface area contributed by atoms with Crippen molar-refractivity contribution in [3.8, 4) is 11.3 Å². The second-order valence-electron chi connectivity index (χ2n) is 6.27. The van der Waals surface area contributed by atoms with Crippen LogP contribution in [0.1, 0.15) is 19.4 Å². The van der Waals surface area contributed by atoms with Gasteiger partial charge in [0.2, 0.25) is 11.9 Å². The van der Waals surface area contributed by atoms with Crippen molar-refractivity contribution in [2.75, 3.05) is 18.9 Å². The maximum absolute atomic E-state index is 14.5. The number of pyridine rings is 1. The molecule has 3 aromatic rings. The number of carbonyl (C=O) groups is 2. The van der Waals surface area contributed by atoms with Crippen molar-refractivity contribution >= 4 is 34.5 Å². The highest BCUT2D eigenvalue weighted by molar-refractivity contribution is 5.99. The molecule has 0 spiro atoms. The minimum atomic E-state index is -0.500. The third-order valence-corrected chi connectivity index (χ3v) is 4.22. The molecule has 1 aromatic carbocycles. The van der Waals surface area contributed by atoms with Gasteiger partial charge >= 0.3 is 6.03 Å². The molecule has 0 unspecified atom stereocenters. The number of fused-ring (bicyclic) bond motifs is 1. The summed E-state index contributed by atoms with van der Waals surface area (Å²) in [6.45, 7) is 4.04. The number of halogens is 1. The fourth-order valence-corrected chi connectivity index (χ4v) is 2.83. The third-order valence-electron chi connectivity index (χ3n) is 4.22. The summed E-state index contributed by atoms with van der Waals surface area (Å²) in [5, 5.41) is 7.76. The highest BCUT2D eigenvalue weighted by atomic mass is 19.1. The smallest absolute Gasteiger partial charge is 0.321 e. The molecule has 2 aromatic heterocycles. The average molecular weight is 396 g/mol. The van der Waals surface area contributed by atoms with E-state index in [0.717, 1.165) is 0 Å². The quantitative estimate of drug-likeness (QED) is 0.497. The van der Waals surface area contributed by atoms with Gasteiger partial charge in [0, 0.05) is 31.4 Å². The predicted molar refractivity (Wildman–Crippen MR) is 110 cm³/mol. The fraction of sp³-hybridized carbons (Fsp3) is 0.200. The number of aromatic amines is 1. The van der Waals surface area contributed by atoms with Gasteiger partial charge in [0.25, 0.3) is 0 Å². The van der Waals surface area contributed by atoms with Crippen molar-refractivity contribution in [3.05, 3.63) is 47.9 Å². The Morgan fingerprint density at radius 1 is 1.31 bits per heavy atom. The normalized spacial score (nSPS) is 11.4. The largest absolute Gasteiger partial charge is 0.356 e. The Kier molecular flexibility index (Phi) is 5.87. The molecule has 2 heterocycles. The minimum absolute atomic E-state index is 0.128. The topological polar surface area (TPSA) is 112 Å². The molecule has 0 bridgehead atoms. The monoisotopic (exact) mass is 396 g/mol. The molecule has 4 N–H and O–H groups in total. The number of allylic oxidation sites excluding steroid dienone is 1. The van der Waals surface area contributed by atoms with Crippen LogP contribution >= 0.6 is 0 Å². The first-order chi connectivity index (χ1) is 13.9. The Morgan fingerprint density at radius 3 is 2.79 bits per heavy atom. The first-order valence-electron chi connectivity index (χ1n) is 9.02. The Hall–Kier alpha value is -3.75. The predicted octanol–water partition coefficient (Wildman–Crippen LogP) is 3.05. The first kappa shape index (κ1) is 20.0. The Labute approximate surface area is 166 Å². The molecule has 3 amide bonds. The van der Waals surface area contributed by atoms with Gasteiger partial charge in [-0.3, -0.25) is 15.1 Å². The van der Waals surface area contributed by atoms with Gasteiger partial charge in [-0.25, -0.2) is 14.2 Å². The maximum Gasteiger partial charge on any atom is 0.321 e. The molecule has 0 aliphatic rings. The second-order valence-corrected chi connectivity index (χ2v) is 6.27. The van der Waals surface area contributed by atoms with Crippen LogP contribution in [0.2, 0.25) is 0 Å². The number of carbonyl (C=O) groups excluding carboxylic acids is 2. The number of urea groups is 1. The molecule has 0 aliphatic carbocycles. The Bertz CT molecular complexity index is 1110. The van der Waals surface area contributed by atoms with Gasteiger partial charge < -0.3 is 15.6 Å². The van der Waals surface area contributed by atoms with Crippen LogP contribution in [0.25, 0.3) is 27.9 Å². The summed E-state index contributed by atoms with van der Waals surface area (Å²) in [4.78, 5) is 35.1. The number of nitrogens with zero attached hydrogens (tertiary/aromatic N) is 2. The SMILES string of the molecule is CCNC(=O)Nc1nc2c(-c3ncccc3F)cc(/C(C)=C/C(=O)NC)cc2[nH]1. The number of hydrogen-bond donors (Lipinski definition) is 4. The number of aromatic nitrogens is 3. The van der Waals surface area contributed by atoms with E-state index in [-0.39, 0.29) is 17.5 Å². The zero-order valence-electron chi connectivity index (χ0n) is 16.3. The molecule has 29 heavy (non-hydrogen) atoms. The average Bonchev–Trinajstić information content (AvgIpc) is 3.09. The Balaban J connectivity index is 2.18. The molecule has 0 aliphatic heterocycles. The fourth-order valence-electron chi connectivity index (χ4n) is 2.83. The van der Waals surface area contributed by atoms with Gasteiger partial charge in [-0.2, -0.15) is 0 Å². The van der Waals surface area contributed by atoms with E-state index in [4.69, 9.17) is 0 Å². The summed E-state index contributed by atoms with van der Waals surface area (Å²) >= 11 is 0. The number of H-pyrrole nitrogens is 1. The molecular weight excluding hydrogens is 375 g/mol. The lowest BCUT2D eigenvalue weighted by Gasteiger charge is -2.08. The van der Waals surface area contributed by atoms with Gasteiger partial charge in [-0.05, 0) is 49.2 Å². The highest BCUT2D eigenvalue weighted by Crippen LogP contribution is 2.32. The molecule has 0 radical (unpaired) electrons. The van der Waals surface area contributed by atoms with Crippen molar-refractivity contribution in [2.24, 2.45) is 0 Å². The van der Waals surface area contributed by atoms with Crippen LogP contribution in [0.3, 0.4) is 0 Å². The van der Waals surface area contributed by atoms with Crippen LogP contribution in [0.5, 0.6) is 0 Å². The van der Waals surface area contributed by atoms with Crippen LogP contribution in [0.15, 0.2) is 36.5 Å². The summed E-state index contributed by atoms with van der Waals surface area (Å²) in [6, 6.07) is 5.91. The van der Waals surface area contributed by atoms with E-state index in [1.807, 2.05) is 0 Å². The highest BCUT2D eigenvalue weighted by Gasteiger charge is 2.17. The van der Waals surface area contributed by atoms with Crippen molar-refractivity contribution in [3.63, 3.8) is 0 Å². The van der Waals surface area contributed by atoms with Gasteiger partial charge in [0.05, 0.1) is 5.52 Å². The molecule has 8 nitrogen and oxygen atoms in total. The van der Waals surface area contributed by atoms with E-state index in [9.17, 15) is 14.0 Å². The zero-order valence-corrected chi connectivity index (χ0v) is 16.3. The van der Waals surface area contributed by atoms with Crippen LogP contribution in [-0.2, 0) is 4.79 Å². The molecule has 0 saturated heterocycles. The number of hydrogen-bond acceptors (Lipinski definition) is 4. The number of benzene rings is 1. The molecular formula is C20H21FN6O2. The summed E-state index contributed by atoms with van der Waals surface area (Å²) < 4.78 is 14.5. The summed E-state index contributed by atoms with van der Waals surface area (Å²) in [7, 11) is 1.54. The summed E-state index contributed by atoms with van der Waals surface area (Å²) in [6.07, 6.45) is 2.94. The molecule has 0 fully saturated rings. The number of amides is 3. The van der Waals surface area contributed by atoms with Gasteiger partial charge in [0.1, 0.15) is 17.0 Å². The lowest BCUT2D eigenvalue weighted by atomic mass is 10.00. The minimum Gasteiger partial charge on any atom is -0.356 e. The standard InChI is InChI=1S/C20H21FN6O2/c1-4-23-20(29)27-19-25-15-10-12(11(2)8-16(28)22-3)9-13(18(15)26-19)17-14(21)6-5-7-24-17/h5-10H,4H2,1-3H3,(H,22,28)(H3,23,25,26,27,29)/b11-8+. The number of rotatable bonds is 5. The van der Waals surface area contributed by atoms with Crippen LogP contribution in [0.4, 0.5) is 15.1 Å². The maximum atomic E-state index is 14.5. The Morgan fingerprint density at radius 2 is 2.10 bits per heavy atom. The van der Waals surface area contributed by atoms with Crippen molar-refractivity contribution < 1.29 is 14.0 Å². The molecule has 3 rings (SSSR count). The van der Waals surface area contributed by atoms with Crippen molar-refractivity contribution in [1.82, 2.24) is 25.6 Å². The molecule has 0 atom stereocenters. The van der Waals surface area contributed by atoms with E-state index in [1.54, 1.807) is 26.0 Å². The van der Waals surface area contributed by atoms with E-state index < -0.39 is 11.8 Å². The van der Waals surface area contributed by atoms with E-state index in [2.05, 4.69) is 30.9 Å². The lowest BCUT2D eigenvalue weighted by Crippen LogP contribution is -2.28. The number of nitrogens with one attached hydrogen (secondary N) is 4. The van der Waals surface area contributed by atoms with E-state index >= 15 is 0 Å². The number of imidazole rings is 1. The summed E-state index contributed by atoms with van der Waals surface area (Å²) in [5.74, 6) is -0.537. The first-order valence-corrected chi connectivity index (χ1v) is 9.02. The van der Waals surface area contributed by atoms with E-state index in [1.165, 1.54) is 31.5 Å². The molecule has 0 saturated carbocycles. The van der Waals surface area contributed by atoms with Gasteiger partial charge in [-0.15, -0.1) is 0 Å². The van der Waals surface area contributed by atoms with Crippen LogP contribution in [-0.4, -0.2) is 40.5 Å². The third kappa shape index (κ3) is 4.40. The zero-order chi connectivity index (χ0) is 21.0. The summed E-state index contributed by atoms with van der Waals surface area (Å²) in [5.41, 5.74) is 2.96. The van der Waals surface area contributed by atoms with Crippen LogP contribution in [0, 0.1) is 5.82 Å². The van der Waals surface area contributed by atoms with Crippen LogP contribution < -0.4 is 16.0 Å². The lowest BCUT2D eigenvalue weighted by molar-refractivity contribution is -0.116. The van der Waals surface area contributed by atoms with Gasteiger partial charge in [-0.1, -0.05) is 0 Å². The van der Waals surface area contributed by atoms with Gasteiger partial charge in [0.15, 0.2) is 0 Å². The van der Waals surface area contributed by atoms with Crippen molar-refractivity contribution in [1.29, 1.82) is 0 Å². The second kappa shape index (κ2) is 8.51. The number of anilines is 1. The molecule has 9 heteroatoms. The van der Waals surface area contributed by atoms with Crippen molar-refractivity contribution in [2.45, 2.75) is 13.8 Å². The molecule has 150 valence electrons. The number of likely N-dealkylation sites (N-methyl/N-ethyl adjacent to an activating group) is 1.